The number of alkyl halides is 3. The van der Waals surface area contributed by atoms with Crippen LogP contribution < -0.4 is 5.32 Å². The van der Waals surface area contributed by atoms with Crippen LogP contribution >= 0.6 is 0 Å². The van der Waals surface area contributed by atoms with E-state index in [-0.39, 0.29) is 31.6 Å². The van der Waals surface area contributed by atoms with E-state index in [2.05, 4.69) is 5.32 Å². The Morgan fingerprint density at radius 3 is 2.48 bits per heavy atom. The molecule has 0 aromatic heterocycles. The van der Waals surface area contributed by atoms with Crippen molar-refractivity contribution >= 4 is 6.03 Å². The molecule has 2 amide bonds. The first-order valence-corrected chi connectivity index (χ1v) is 7.09. The third kappa shape index (κ3) is 4.34. The highest BCUT2D eigenvalue weighted by molar-refractivity contribution is 5.75. The van der Waals surface area contributed by atoms with Crippen molar-refractivity contribution in [3.8, 4) is 0 Å². The molecule has 1 aliphatic rings. The largest absolute Gasteiger partial charge is 0.419 e. The Balaban J connectivity index is 1.96. The van der Waals surface area contributed by atoms with Gasteiger partial charge in [0.2, 0.25) is 0 Å². The molecular weight excluding hydrogens is 316 g/mol. The summed E-state index contributed by atoms with van der Waals surface area (Å²) in [5.41, 5.74) is -1.98. The molecule has 2 N–H and O–H groups in total. The number of amides is 2. The molecule has 23 heavy (non-hydrogen) atoms. The fraction of sp³-hybridized carbons (Fsp3) is 0.533. The van der Waals surface area contributed by atoms with Crippen molar-refractivity contribution in [2.75, 3.05) is 19.6 Å². The Bertz CT molecular complexity index is 590. The van der Waals surface area contributed by atoms with E-state index in [4.69, 9.17) is 0 Å². The van der Waals surface area contributed by atoms with E-state index in [1.807, 2.05) is 0 Å². The first kappa shape index (κ1) is 17.5. The summed E-state index contributed by atoms with van der Waals surface area (Å²) >= 11 is 0. The summed E-state index contributed by atoms with van der Waals surface area (Å²) < 4.78 is 51.3. The minimum Gasteiger partial charge on any atom is -0.389 e. The Hall–Kier alpha value is -1.83. The number of urea groups is 1. The molecule has 1 heterocycles. The van der Waals surface area contributed by atoms with E-state index in [0.29, 0.717) is 5.56 Å². The van der Waals surface area contributed by atoms with Crippen molar-refractivity contribution in [3.05, 3.63) is 35.1 Å². The summed E-state index contributed by atoms with van der Waals surface area (Å²) in [5, 5.41) is 12.1. The van der Waals surface area contributed by atoms with Crippen LogP contribution in [0, 0.1) is 5.82 Å². The fourth-order valence-electron chi connectivity index (χ4n) is 2.27. The molecule has 128 valence electrons. The molecule has 0 radical (unpaired) electrons. The Kier molecular flexibility index (Phi) is 4.57. The van der Waals surface area contributed by atoms with Gasteiger partial charge >= 0.3 is 12.2 Å². The molecule has 1 aromatic rings. The molecular formula is C15H18F4N2O2. The third-order valence-electron chi connectivity index (χ3n) is 3.61. The zero-order chi connectivity index (χ0) is 17.4. The van der Waals surface area contributed by atoms with E-state index in [1.165, 1.54) is 11.0 Å². The van der Waals surface area contributed by atoms with Crippen LogP contribution in [0.2, 0.25) is 0 Å². The summed E-state index contributed by atoms with van der Waals surface area (Å²) in [5.74, 6) is -1.56. The van der Waals surface area contributed by atoms with Crippen LogP contribution in [0.3, 0.4) is 0 Å². The molecule has 4 nitrogen and oxygen atoms in total. The van der Waals surface area contributed by atoms with E-state index in [1.54, 1.807) is 13.8 Å². The summed E-state index contributed by atoms with van der Waals surface area (Å²) in [7, 11) is 0. The van der Waals surface area contributed by atoms with Gasteiger partial charge in [-0.3, -0.25) is 0 Å². The number of hydrogen-bond donors (Lipinski definition) is 2. The second-order valence-electron chi connectivity index (χ2n) is 6.31. The number of benzene rings is 1. The molecule has 1 aromatic carbocycles. The van der Waals surface area contributed by atoms with Crippen LogP contribution in [0.4, 0.5) is 22.4 Å². The number of halogens is 4. The lowest BCUT2D eigenvalue weighted by Gasteiger charge is -2.40. The second kappa shape index (κ2) is 5.99. The standard InChI is InChI=1S/C15H18F4N2O2/c1-14(2,23)8-20-13(22)21-6-10(7-21)9-3-4-12(16)11(5-9)15(17,18)19/h3-5,10,23H,6-8H2,1-2H3,(H,20,22). The van der Waals surface area contributed by atoms with Gasteiger partial charge in [-0.15, -0.1) is 0 Å². The van der Waals surface area contributed by atoms with Crippen LogP contribution in [-0.2, 0) is 6.18 Å². The highest BCUT2D eigenvalue weighted by atomic mass is 19.4. The highest BCUT2D eigenvalue weighted by Gasteiger charge is 2.37. The summed E-state index contributed by atoms with van der Waals surface area (Å²) in [6.45, 7) is 3.66. The van der Waals surface area contributed by atoms with Gasteiger partial charge in [0.25, 0.3) is 0 Å². The molecule has 0 bridgehead atoms. The first-order chi connectivity index (χ1) is 10.5. The van der Waals surface area contributed by atoms with Gasteiger partial charge in [0.05, 0.1) is 11.2 Å². The Morgan fingerprint density at radius 2 is 1.96 bits per heavy atom. The monoisotopic (exact) mass is 334 g/mol. The summed E-state index contributed by atoms with van der Waals surface area (Å²) in [6, 6.07) is 2.52. The number of carbonyl (C=O) groups excluding carboxylic acids is 1. The van der Waals surface area contributed by atoms with Crippen LogP contribution in [0.25, 0.3) is 0 Å². The molecule has 0 saturated carbocycles. The van der Waals surface area contributed by atoms with Gasteiger partial charge in [0.1, 0.15) is 5.82 Å². The van der Waals surface area contributed by atoms with E-state index in [0.717, 1.165) is 12.1 Å². The van der Waals surface area contributed by atoms with Gasteiger partial charge in [-0.05, 0) is 31.5 Å². The zero-order valence-corrected chi connectivity index (χ0v) is 12.7. The maximum absolute atomic E-state index is 13.2. The SMILES string of the molecule is CC(C)(O)CNC(=O)N1CC(c2ccc(F)c(C(F)(F)F)c2)C1. The normalized spacial score (nSPS) is 16.2. The maximum atomic E-state index is 13.2. The lowest BCUT2D eigenvalue weighted by Crippen LogP contribution is -2.54. The van der Waals surface area contributed by atoms with Gasteiger partial charge in [-0.2, -0.15) is 13.2 Å². The number of nitrogens with zero attached hydrogens (tertiary/aromatic N) is 1. The molecule has 0 aliphatic carbocycles. The smallest absolute Gasteiger partial charge is 0.389 e. The number of hydrogen-bond acceptors (Lipinski definition) is 2. The number of carbonyl (C=O) groups is 1. The fourth-order valence-corrected chi connectivity index (χ4v) is 2.27. The van der Waals surface area contributed by atoms with Crippen LogP contribution in [0.5, 0.6) is 0 Å². The van der Waals surface area contributed by atoms with Crippen molar-refractivity contribution < 1.29 is 27.5 Å². The molecule has 0 atom stereocenters. The predicted octanol–water partition coefficient (Wildman–Crippen LogP) is 2.72. The zero-order valence-electron chi connectivity index (χ0n) is 12.7. The molecule has 1 saturated heterocycles. The second-order valence-corrected chi connectivity index (χ2v) is 6.31. The Labute approximate surface area is 131 Å². The Morgan fingerprint density at radius 1 is 1.35 bits per heavy atom. The average molecular weight is 334 g/mol. The molecule has 1 aliphatic heterocycles. The number of nitrogens with one attached hydrogen (secondary N) is 1. The molecule has 8 heteroatoms. The molecule has 1 fully saturated rings. The summed E-state index contributed by atoms with van der Waals surface area (Å²) in [6.07, 6.45) is -4.74. The van der Waals surface area contributed by atoms with E-state index >= 15 is 0 Å². The topological polar surface area (TPSA) is 52.6 Å². The number of aliphatic hydroxyl groups is 1. The van der Waals surface area contributed by atoms with Crippen molar-refractivity contribution in [2.24, 2.45) is 0 Å². The third-order valence-corrected chi connectivity index (χ3v) is 3.61. The minimum atomic E-state index is -4.74. The van der Waals surface area contributed by atoms with Crippen molar-refractivity contribution in [3.63, 3.8) is 0 Å². The quantitative estimate of drug-likeness (QED) is 0.835. The van der Waals surface area contributed by atoms with Crippen molar-refractivity contribution in [2.45, 2.75) is 31.5 Å². The first-order valence-electron chi connectivity index (χ1n) is 7.09. The predicted molar refractivity (Wildman–Crippen MR) is 75.4 cm³/mol. The van der Waals surface area contributed by atoms with Crippen LogP contribution in [-0.4, -0.2) is 41.3 Å². The van der Waals surface area contributed by atoms with Crippen LogP contribution in [0.1, 0.15) is 30.9 Å². The average Bonchev–Trinajstić information content (AvgIpc) is 2.34. The lowest BCUT2D eigenvalue weighted by molar-refractivity contribution is -0.140. The summed E-state index contributed by atoms with van der Waals surface area (Å²) in [4.78, 5) is 13.2. The van der Waals surface area contributed by atoms with Gasteiger partial charge < -0.3 is 15.3 Å². The van der Waals surface area contributed by atoms with Gasteiger partial charge in [0, 0.05) is 25.6 Å². The van der Waals surface area contributed by atoms with E-state index < -0.39 is 23.2 Å². The van der Waals surface area contributed by atoms with Crippen molar-refractivity contribution in [1.29, 1.82) is 0 Å². The number of likely N-dealkylation sites (tertiary alicyclic amines) is 1. The lowest BCUT2D eigenvalue weighted by atomic mass is 9.90. The van der Waals surface area contributed by atoms with Gasteiger partial charge in [0.15, 0.2) is 0 Å². The van der Waals surface area contributed by atoms with Crippen LogP contribution in [0.15, 0.2) is 18.2 Å². The highest BCUT2D eigenvalue weighted by Crippen LogP contribution is 2.35. The van der Waals surface area contributed by atoms with E-state index in [9.17, 15) is 27.5 Å². The van der Waals surface area contributed by atoms with Crippen molar-refractivity contribution in [1.82, 2.24) is 10.2 Å². The molecule has 0 spiro atoms. The molecule has 2 rings (SSSR count). The molecule has 0 unspecified atom stereocenters. The maximum Gasteiger partial charge on any atom is 0.419 e. The van der Waals surface area contributed by atoms with Gasteiger partial charge in [-0.25, -0.2) is 9.18 Å². The number of rotatable bonds is 3. The minimum absolute atomic E-state index is 0.0712. The van der Waals surface area contributed by atoms with Gasteiger partial charge in [-0.1, -0.05) is 6.07 Å².